The van der Waals surface area contributed by atoms with Gasteiger partial charge < -0.3 is 15.4 Å². The standard InChI is InChI=1S/C14H11ClFN3OS.C2H6/c15-8-1-3-10-12(5-8)18-7-14(10)21-19-11-4-2-9(17)6-13(11)20-16;1-2/h1-7,18-19H,17H2;1-2H3. The summed E-state index contributed by atoms with van der Waals surface area (Å²) in [5.41, 5.74) is 7.45. The van der Waals surface area contributed by atoms with Gasteiger partial charge in [-0.25, -0.2) is 0 Å². The number of H-pyrrole nitrogens is 1. The molecule has 0 saturated heterocycles. The highest BCUT2D eigenvalue weighted by atomic mass is 35.5. The van der Waals surface area contributed by atoms with E-state index < -0.39 is 0 Å². The fourth-order valence-corrected chi connectivity index (χ4v) is 2.92. The largest absolute Gasteiger partial charge is 0.399 e. The molecule has 0 bridgehead atoms. The molecule has 0 spiro atoms. The Hall–Kier alpha value is -2.05. The van der Waals surface area contributed by atoms with Gasteiger partial charge in [-0.3, -0.25) is 4.94 Å². The van der Waals surface area contributed by atoms with Crippen LogP contribution < -0.4 is 15.4 Å². The topological polar surface area (TPSA) is 63.1 Å². The van der Waals surface area contributed by atoms with Crippen LogP contribution in [0.15, 0.2) is 47.5 Å². The second kappa shape index (κ2) is 7.99. The predicted molar refractivity (Wildman–Crippen MR) is 96.7 cm³/mol. The van der Waals surface area contributed by atoms with Crippen LogP contribution in [-0.2, 0) is 0 Å². The second-order valence-electron chi connectivity index (χ2n) is 4.38. The second-order valence-corrected chi connectivity index (χ2v) is 5.66. The number of hydrogen-bond acceptors (Lipinski definition) is 4. The Morgan fingerprint density at radius 1 is 1.22 bits per heavy atom. The molecule has 4 nitrogen and oxygen atoms in total. The van der Waals surface area contributed by atoms with Crippen LogP contribution in [0, 0.1) is 0 Å². The van der Waals surface area contributed by atoms with Crippen molar-refractivity contribution >= 4 is 45.8 Å². The molecule has 1 aromatic heterocycles. The fraction of sp³-hybridized carbons (Fsp3) is 0.125. The lowest BCUT2D eigenvalue weighted by molar-refractivity contribution is -0.00513. The summed E-state index contributed by atoms with van der Waals surface area (Å²) in [4.78, 5) is 7.91. The summed E-state index contributed by atoms with van der Waals surface area (Å²) in [6.45, 7) is 4.00. The molecule has 122 valence electrons. The zero-order valence-corrected chi connectivity index (χ0v) is 14.3. The summed E-state index contributed by atoms with van der Waals surface area (Å²) in [6, 6.07) is 10.3. The van der Waals surface area contributed by atoms with E-state index >= 15 is 0 Å². The van der Waals surface area contributed by atoms with Crippen molar-refractivity contribution in [2.24, 2.45) is 0 Å². The van der Waals surface area contributed by atoms with E-state index in [0.717, 1.165) is 15.8 Å². The van der Waals surface area contributed by atoms with Crippen molar-refractivity contribution in [2.45, 2.75) is 18.7 Å². The quantitative estimate of drug-likeness (QED) is 0.409. The Morgan fingerprint density at radius 3 is 2.74 bits per heavy atom. The molecule has 0 radical (unpaired) electrons. The number of rotatable bonds is 4. The van der Waals surface area contributed by atoms with E-state index in [4.69, 9.17) is 17.3 Å². The molecule has 7 heteroatoms. The van der Waals surface area contributed by atoms with Gasteiger partial charge in [-0.15, -0.1) is 0 Å². The van der Waals surface area contributed by atoms with Crippen LogP contribution in [0.5, 0.6) is 5.75 Å². The fourth-order valence-electron chi connectivity index (χ4n) is 1.95. The predicted octanol–water partition coefficient (Wildman–Crippen LogP) is 5.81. The number of halogens is 2. The number of anilines is 2. The summed E-state index contributed by atoms with van der Waals surface area (Å²) < 4.78 is 15.5. The van der Waals surface area contributed by atoms with Gasteiger partial charge in [0.1, 0.15) is 0 Å². The lowest BCUT2D eigenvalue weighted by atomic mass is 10.2. The van der Waals surface area contributed by atoms with Gasteiger partial charge in [-0.2, -0.15) is 0 Å². The Bertz CT molecular complexity index is 794. The Kier molecular flexibility index (Phi) is 6.01. The molecule has 4 N–H and O–H groups in total. The lowest BCUT2D eigenvalue weighted by Gasteiger charge is -2.08. The van der Waals surface area contributed by atoms with Gasteiger partial charge in [0.2, 0.25) is 0 Å². The average Bonchev–Trinajstić information content (AvgIpc) is 2.97. The van der Waals surface area contributed by atoms with E-state index in [2.05, 4.69) is 14.6 Å². The zero-order chi connectivity index (χ0) is 16.8. The first-order chi connectivity index (χ1) is 11.2. The molecule has 2 aromatic carbocycles. The molecule has 0 fully saturated rings. The minimum atomic E-state index is 0.0467. The minimum absolute atomic E-state index is 0.0467. The van der Waals surface area contributed by atoms with E-state index in [1.165, 1.54) is 18.0 Å². The summed E-state index contributed by atoms with van der Waals surface area (Å²) in [5.74, 6) is 0.0467. The average molecular weight is 354 g/mol. The maximum absolute atomic E-state index is 12.5. The van der Waals surface area contributed by atoms with Crippen LogP contribution in [0.1, 0.15) is 13.8 Å². The highest BCUT2D eigenvalue weighted by Crippen LogP contribution is 2.34. The van der Waals surface area contributed by atoms with Crippen molar-refractivity contribution in [1.29, 1.82) is 0 Å². The number of fused-ring (bicyclic) bond motifs is 1. The number of aromatic amines is 1. The van der Waals surface area contributed by atoms with E-state index in [1.54, 1.807) is 12.1 Å². The van der Waals surface area contributed by atoms with Gasteiger partial charge in [0, 0.05) is 38.4 Å². The zero-order valence-electron chi connectivity index (χ0n) is 12.7. The van der Waals surface area contributed by atoms with Crippen molar-refractivity contribution in [3.05, 3.63) is 47.6 Å². The maximum Gasteiger partial charge on any atom is 0.197 e. The third-order valence-corrected chi connectivity index (χ3v) is 4.08. The Morgan fingerprint density at radius 2 is 2.00 bits per heavy atom. The molecule has 3 rings (SSSR count). The van der Waals surface area contributed by atoms with Crippen molar-refractivity contribution in [3.63, 3.8) is 0 Å². The molecule has 23 heavy (non-hydrogen) atoms. The molecular weight excluding hydrogens is 337 g/mol. The molecule has 0 aliphatic heterocycles. The van der Waals surface area contributed by atoms with Crippen LogP contribution >= 0.6 is 23.5 Å². The highest BCUT2D eigenvalue weighted by molar-refractivity contribution is 8.00. The van der Waals surface area contributed by atoms with E-state index in [0.29, 0.717) is 16.4 Å². The first kappa shape index (κ1) is 17.3. The number of aromatic nitrogens is 1. The first-order valence-corrected chi connectivity index (χ1v) is 8.24. The minimum Gasteiger partial charge on any atom is -0.399 e. The molecule has 0 amide bonds. The smallest absolute Gasteiger partial charge is 0.197 e. The number of nitrogens with two attached hydrogens (primary N) is 1. The van der Waals surface area contributed by atoms with Gasteiger partial charge in [-0.05, 0) is 36.2 Å². The first-order valence-electron chi connectivity index (χ1n) is 7.05. The molecule has 0 aliphatic carbocycles. The van der Waals surface area contributed by atoms with Gasteiger partial charge in [0.15, 0.2) is 5.75 Å². The van der Waals surface area contributed by atoms with Crippen LogP contribution in [-0.4, -0.2) is 4.98 Å². The molecule has 0 saturated carbocycles. The molecular formula is C16H17ClFN3OS. The summed E-state index contributed by atoms with van der Waals surface area (Å²) in [6.07, 6.45) is 1.85. The van der Waals surface area contributed by atoms with Gasteiger partial charge in [0.25, 0.3) is 0 Å². The van der Waals surface area contributed by atoms with E-state index in [1.807, 2.05) is 38.2 Å². The number of hydrogen-bond donors (Lipinski definition) is 3. The summed E-state index contributed by atoms with van der Waals surface area (Å²) in [7, 11) is 0. The summed E-state index contributed by atoms with van der Waals surface area (Å²) >= 11 is 7.28. The van der Waals surface area contributed by atoms with Gasteiger partial charge in [-0.1, -0.05) is 31.5 Å². The van der Waals surface area contributed by atoms with Crippen LogP contribution in [0.3, 0.4) is 0 Å². The number of nitrogens with one attached hydrogen (secondary N) is 2. The Labute approximate surface area is 143 Å². The normalized spacial score (nSPS) is 10.1. The lowest BCUT2D eigenvalue weighted by Crippen LogP contribution is -1.92. The summed E-state index contributed by atoms with van der Waals surface area (Å²) in [5, 5.41) is 1.69. The van der Waals surface area contributed by atoms with Gasteiger partial charge >= 0.3 is 0 Å². The van der Waals surface area contributed by atoms with Crippen molar-refractivity contribution in [1.82, 2.24) is 4.98 Å². The van der Waals surface area contributed by atoms with Crippen LogP contribution in [0.25, 0.3) is 10.9 Å². The van der Waals surface area contributed by atoms with Gasteiger partial charge in [0.05, 0.1) is 10.6 Å². The molecule has 0 atom stereocenters. The van der Waals surface area contributed by atoms with Crippen molar-refractivity contribution in [3.8, 4) is 5.75 Å². The Balaban J connectivity index is 0.000000924. The maximum atomic E-state index is 12.5. The number of benzene rings is 2. The molecule has 0 aliphatic rings. The van der Waals surface area contributed by atoms with Crippen LogP contribution in [0.4, 0.5) is 15.9 Å². The van der Waals surface area contributed by atoms with E-state index in [9.17, 15) is 4.53 Å². The third kappa shape index (κ3) is 4.03. The monoisotopic (exact) mass is 353 g/mol. The van der Waals surface area contributed by atoms with Crippen LogP contribution in [0.2, 0.25) is 5.02 Å². The van der Waals surface area contributed by atoms with Crippen molar-refractivity contribution in [2.75, 3.05) is 10.5 Å². The van der Waals surface area contributed by atoms with E-state index in [-0.39, 0.29) is 5.75 Å². The SMILES string of the molecule is CC.Nc1ccc(NSc2c[nH]c3cc(Cl)ccc23)c(OF)c1. The highest BCUT2D eigenvalue weighted by Gasteiger charge is 2.09. The third-order valence-electron chi connectivity index (χ3n) is 2.97. The number of nitrogen functional groups attached to an aromatic ring is 1. The molecule has 0 unspecified atom stereocenters. The molecule has 3 aromatic rings. The molecule has 1 heterocycles. The van der Waals surface area contributed by atoms with Crippen molar-refractivity contribution < 1.29 is 9.47 Å².